The van der Waals surface area contributed by atoms with Gasteiger partial charge in [-0.25, -0.2) is 9.48 Å². The van der Waals surface area contributed by atoms with Crippen molar-refractivity contribution in [3.8, 4) is 0 Å². The van der Waals surface area contributed by atoms with Crippen LogP contribution in [-0.4, -0.2) is 56.1 Å². The quantitative estimate of drug-likeness (QED) is 0.649. The molecule has 0 bridgehead atoms. The maximum Gasteiger partial charge on any atom is 0.329 e. The lowest BCUT2D eigenvalue weighted by atomic mass is 10.6. The van der Waals surface area contributed by atoms with Gasteiger partial charge in [-0.15, -0.1) is 5.10 Å². The van der Waals surface area contributed by atoms with E-state index in [0.29, 0.717) is 0 Å². The molecule has 0 saturated heterocycles. The van der Waals surface area contributed by atoms with Gasteiger partial charge in [0.2, 0.25) is 0 Å². The van der Waals surface area contributed by atoms with Crippen molar-refractivity contribution in [3.05, 3.63) is 24.8 Å². The fraction of sp³-hybridized carbons (Fsp3) is 0.400. The Morgan fingerprint density at radius 1 is 1.00 bits per heavy atom. The van der Waals surface area contributed by atoms with E-state index in [1.807, 2.05) is 0 Å². The fourth-order valence-electron chi connectivity index (χ4n) is 1.02. The SMILES string of the molecule is COC(=O)Cn1ccnn1.COC(=O)Cn1nccn1. The molecule has 10 heteroatoms. The largest absolute Gasteiger partial charge is 0.468 e. The summed E-state index contributed by atoms with van der Waals surface area (Å²) in [6, 6.07) is 0. The number of esters is 2. The lowest BCUT2D eigenvalue weighted by molar-refractivity contribution is -0.142. The Morgan fingerprint density at radius 3 is 2.10 bits per heavy atom. The second-order valence-corrected chi connectivity index (χ2v) is 3.31. The third kappa shape index (κ3) is 5.71. The van der Waals surface area contributed by atoms with Gasteiger partial charge in [0.05, 0.1) is 32.8 Å². The van der Waals surface area contributed by atoms with Crippen molar-refractivity contribution >= 4 is 11.9 Å². The Balaban J connectivity index is 0.000000200. The molecule has 0 saturated carbocycles. The number of rotatable bonds is 4. The molecule has 2 rings (SSSR count). The van der Waals surface area contributed by atoms with Crippen molar-refractivity contribution in [2.75, 3.05) is 14.2 Å². The van der Waals surface area contributed by atoms with E-state index in [4.69, 9.17) is 0 Å². The molecule has 0 aliphatic heterocycles. The number of aromatic nitrogens is 6. The summed E-state index contributed by atoms with van der Waals surface area (Å²) in [5.74, 6) is -0.679. The van der Waals surface area contributed by atoms with E-state index in [9.17, 15) is 9.59 Å². The first-order valence-electron chi connectivity index (χ1n) is 5.47. The van der Waals surface area contributed by atoms with Crippen LogP contribution >= 0.6 is 0 Å². The molecule has 0 aliphatic rings. The van der Waals surface area contributed by atoms with Crippen molar-refractivity contribution < 1.29 is 19.1 Å². The van der Waals surface area contributed by atoms with Gasteiger partial charge in [-0.05, 0) is 0 Å². The van der Waals surface area contributed by atoms with Gasteiger partial charge >= 0.3 is 11.9 Å². The highest BCUT2D eigenvalue weighted by Gasteiger charge is 2.01. The van der Waals surface area contributed by atoms with Crippen LogP contribution in [0.2, 0.25) is 0 Å². The van der Waals surface area contributed by atoms with Crippen LogP contribution in [0, 0.1) is 0 Å². The van der Waals surface area contributed by atoms with Gasteiger partial charge in [-0.2, -0.15) is 15.0 Å². The highest BCUT2D eigenvalue weighted by molar-refractivity contribution is 5.68. The van der Waals surface area contributed by atoms with E-state index in [2.05, 4.69) is 30.0 Å². The number of nitrogens with zero attached hydrogens (tertiary/aromatic N) is 6. The van der Waals surface area contributed by atoms with Crippen LogP contribution in [0.15, 0.2) is 24.8 Å². The lowest BCUT2D eigenvalue weighted by Crippen LogP contribution is -2.13. The molecule has 0 unspecified atom stereocenters. The minimum absolute atomic E-state index is 0.0729. The zero-order chi connectivity index (χ0) is 14.8. The molecule has 2 aromatic rings. The van der Waals surface area contributed by atoms with Crippen molar-refractivity contribution in [3.63, 3.8) is 0 Å². The first-order chi connectivity index (χ1) is 9.65. The second-order valence-electron chi connectivity index (χ2n) is 3.31. The normalized spacial score (nSPS) is 9.30. The smallest absolute Gasteiger partial charge is 0.329 e. The van der Waals surface area contributed by atoms with Crippen LogP contribution in [-0.2, 0) is 32.2 Å². The van der Waals surface area contributed by atoms with Gasteiger partial charge in [0.15, 0.2) is 6.54 Å². The van der Waals surface area contributed by atoms with Crippen molar-refractivity contribution in [2.45, 2.75) is 13.1 Å². The highest BCUT2D eigenvalue weighted by atomic mass is 16.5. The van der Waals surface area contributed by atoms with Crippen LogP contribution in [0.3, 0.4) is 0 Å². The molecule has 108 valence electrons. The first kappa shape index (κ1) is 15.3. The Hall–Kier alpha value is -2.78. The van der Waals surface area contributed by atoms with Gasteiger partial charge in [-0.1, -0.05) is 5.21 Å². The standard InChI is InChI=1S/2C5H7N3O2/c1-10-5(9)4-8-3-2-6-7-8;1-10-5(9)4-8-6-2-3-7-8/h2*2-3H,4H2,1H3. The summed E-state index contributed by atoms with van der Waals surface area (Å²) >= 11 is 0. The molecule has 2 aromatic heterocycles. The van der Waals surface area contributed by atoms with Crippen LogP contribution in [0.25, 0.3) is 0 Å². The molecule has 0 radical (unpaired) electrons. The number of hydrogen-bond acceptors (Lipinski definition) is 8. The third-order valence-electron chi connectivity index (χ3n) is 1.96. The molecule has 0 amide bonds. The van der Waals surface area contributed by atoms with Crippen LogP contribution < -0.4 is 0 Å². The van der Waals surface area contributed by atoms with E-state index in [0.717, 1.165) is 0 Å². The maximum absolute atomic E-state index is 10.6. The molecule has 10 nitrogen and oxygen atoms in total. The fourth-order valence-corrected chi connectivity index (χ4v) is 1.02. The van der Waals surface area contributed by atoms with Gasteiger partial charge in [0, 0.05) is 6.20 Å². The predicted octanol–water partition coefficient (Wildman–Crippen LogP) is -1.10. The zero-order valence-corrected chi connectivity index (χ0v) is 11.0. The average molecular weight is 282 g/mol. The molecule has 0 aromatic carbocycles. The molecule has 2 heterocycles. The molecule has 0 spiro atoms. The summed E-state index contributed by atoms with van der Waals surface area (Å²) in [5.41, 5.74) is 0. The monoisotopic (exact) mass is 282 g/mol. The topological polar surface area (TPSA) is 114 Å². The number of methoxy groups -OCH3 is 2. The lowest BCUT2D eigenvalue weighted by Gasteiger charge is -1.95. The van der Waals surface area contributed by atoms with Crippen LogP contribution in [0.1, 0.15) is 0 Å². The molecule has 0 fully saturated rings. The number of carbonyl (C=O) groups excluding carboxylic acids is 2. The minimum Gasteiger partial charge on any atom is -0.468 e. The molecular weight excluding hydrogens is 268 g/mol. The van der Waals surface area contributed by atoms with E-state index in [-0.39, 0.29) is 25.0 Å². The first-order valence-corrected chi connectivity index (χ1v) is 5.47. The van der Waals surface area contributed by atoms with E-state index in [1.54, 1.807) is 6.20 Å². The molecule has 0 aliphatic carbocycles. The van der Waals surface area contributed by atoms with Gasteiger partial charge in [0.1, 0.15) is 6.54 Å². The van der Waals surface area contributed by atoms with Gasteiger partial charge in [-0.3, -0.25) is 4.79 Å². The molecular formula is C10H14N6O4. The number of hydrogen-bond donors (Lipinski definition) is 0. The summed E-state index contributed by atoms with van der Waals surface area (Å²) < 4.78 is 10.2. The summed E-state index contributed by atoms with van der Waals surface area (Å²) in [5, 5.41) is 14.5. The van der Waals surface area contributed by atoms with Crippen molar-refractivity contribution in [1.29, 1.82) is 0 Å². The summed E-state index contributed by atoms with van der Waals surface area (Å²) in [6.07, 6.45) is 6.10. The maximum atomic E-state index is 10.6. The van der Waals surface area contributed by atoms with Gasteiger partial charge in [0.25, 0.3) is 0 Å². The molecule has 20 heavy (non-hydrogen) atoms. The summed E-state index contributed by atoms with van der Waals surface area (Å²) in [4.78, 5) is 22.4. The van der Waals surface area contributed by atoms with E-state index >= 15 is 0 Å². The Bertz CT molecular complexity index is 462. The number of ether oxygens (including phenoxy) is 2. The number of carbonyl (C=O) groups is 2. The third-order valence-corrected chi connectivity index (χ3v) is 1.96. The van der Waals surface area contributed by atoms with Crippen LogP contribution in [0.5, 0.6) is 0 Å². The second kappa shape index (κ2) is 8.34. The highest BCUT2D eigenvalue weighted by Crippen LogP contribution is 1.82. The van der Waals surface area contributed by atoms with Crippen molar-refractivity contribution in [2.24, 2.45) is 0 Å². The average Bonchev–Trinajstić information content (AvgIpc) is 3.12. The summed E-state index contributed by atoms with van der Waals surface area (Å²) in [7, 11) is 2.66. The summed E-state index contributed by atoms with van der Waals surface area (Å²) in [6.45, 7) is 0.194. The van der Waals surface area contributed by atoms with E-state index in [1.165, 1.54) is 42.3 Å². The zero-order valence-electron chi connectivity index (χ0n) is 11.0. The Kier molecular flexibility index (Phi) is 6.37. The van der Waals surface area contributed by atoms with E-state index < -0.39 is 0 Å². The molecule has 0 atom stereocenters. The van der Waals surface area contributed by atoms with Crippen molar-refractivity contribution in [1.82, 2.24) is 30.0 Å². The minimum atomic E-state index is -0.351. The Morgan fingerprint density at radius 2 is 1.60 bits per heavy atom. The molecule has 0 N–H and O–H groups in total. The predicted molar refractivity (Wildman–Crippen MR) is 64.1 cm³/mol. The Labute approximate surface area is 114 Å². The van der Waals surface area contributed by atoms with Crippen LogP contribution in [0.4, 0.5) is 0 Å². The van der Waals surface area contributed by atoms with Gasteiger partial charge < -0.3 is 9.47 Å².